The van der Waals surface area contributed by atoms with Crippen molar-refractivity contribution in [2.24, 2.45) is 17.3 Å². The Morgan fingerprint density at radius 3 is 2.73 bits per heavy atom. The minimum absolute atomic E-state index is 0.0538. The van der Waals surface area contributed by atoms with Gasteiger partial charge in [0.25, 0.3) is 0 Å². The van der Waals surface area contributed by atoms with Crippen molar-refractivity contribution in [2.75, 3.05) is 13.2 Å². The van der Waals surface area contributed by atoms with E-state index in [2.05, 4.69) is 19.7 Å². The van der Waals surface area contributed by atoms with Crippen molar-refractivity contribution in [1.82, 2.24) is 0 Å². The van der Waals surface area contributed by atoms with Crippen LogP contribution < -0.4 is 0 Å². The van der Waals surface area contributed by atoms with Crippen LogP contribution in [0.15, 0.2) is 37.0 Å². The molecule has 3 fully saturated rings. The van der Waals surface area contributed by atoms with Crippen LogP contribution in [0.1, 0.15) is 6.42 Å². The summed E-state index contributed by atoms with van der Waals surface area (Å²) < 4.78 is 15.9. The van der Waals surface area contributed by atoms with E-state index in [1.165, 1.54) is 6.08 Å². The molecule has 2 saturated heterocycles. The van der Waals surface area contributed by atoms with E-state index in [1.54, 1.807) is 0 Å². The average Bonchev–Trinajstić information content (AvgIpc) is 2.93. The third-order valence-electron chi connectivity index (χ3n) is 5.54. The smallest absolute Gasteiger partial charge is 0.336 e. The fourth-order valence-corrected chi connectivity index (χ4v) is 4.03. The normalized spacial score (nSPS) is 38.5. The van der Waals surface area contributed by atoms with Crippen LogP contribution in [0.2, 0.25) is 0 Å². The van der Waals surface area contributed by atoms with Crippen LogP contribution in [0.4, 0.5) is 0 Å². The summed E-state index contributed by atoms with van der Waals surface area (Å²) >= 11 is 0. The number of carbonyl (C=O) groups is 3. The molecule has 140 valence electrons. The van der Waals surface area contributed by atoms with Crippen LogP contribution in [0, 0.1) is 17.3 Å². The summed E-state index contributed by atoms with van der Waals surface area (Å²) in [5, 5.41) is 20.1. The lowest BCUT2D eigenvalue weighted by Gasteiger charge is -2.53. The number of cyclic esters (lactones) is 1. The minimum atomic E-state index is -1.32. The zero-order valence-corrected chi connectivity index (χ0v) is 14.1. The highest BCUT2D eigenvalue weighted by molar-refractivity contribution is 5.92. The summed E-state index contributed by atoms with van der Waals surface area (Å²) in [6, 6.07) is 0. The van der Waals surface area contributed by atoms with Gasteiger partial charge in [-0.15, -0.1) is 6.58 Å². The van der Waals surface area contributed by atoms with Gasteiger partial charge in [-0.2, -0.15) is 0 Å². The molecule has 0 aromatic heterocycles. The molecule has 3 aliphatic rings. The van der Waals surface area contributed by atoms with E-state index in [4.69, 9.17) is 19.3 Å². The summed E-state index contributed by atoms with van der Waals surface area (Å²) in [7, 11) is 0. The zero-order valence-electron chi connectivity index (χ0n) is 14.1. The third-order valence-corrected chi connectivity index (χ3v) is 5.54. The first-order valence-electron chi connectivity index (χ1n) is 8.13. The van der Waals surface area contributed by atoms with Crippen molar-refractivity contribution in [1.29, 1.82) is 0 Å². The molecule has 2 heterocycles. The van der Waals surface area contributed by atoms with E-state index in [-0.39, 0.29) is 24.2 Å². The maximum Gasteiger partial charge on any atom is 0.336 e. The molecule has 8 heteroatoms. The van der Waals surface area contributed by atoms with E-state index in [0.29, 0.717) is 0 Å². The summed E-state index contributed by atoms with van der Waals surface area (Å²) in [6.45, 7) is 10.0. The summed E-state index contributed by atoms with van der Waals surface area (Å²) in [5.41, 5.74) is -1.29. The second-order valence-electron chi connectivity index (χ2n) is 6.79. The van der Waals surface area contributed by atoms with Gasteiger partial charge < -0.3 is 24.4 Å². The van der Waals surface area contributed by atoms with Crippen molar-refractivity contribution < 1.29 is 38.8 Å². The maximum absolute atomic E-state index is 12.1. The van der Waals surface area contributed by atoms with Gasteiger partial charge in [0.05, 0.1) is 29.9 Å². The van der Waals surface area contributed by atoms with E-state index in [9.17, 15) is 19.5 Å². The van der Waals surface area contributed by atoms with Gasteiger partial charge in [-0.3, -0.25) is 4.79 Å². The van der Waals surface area contributed by atoms with Gasteiger partial charge in [0.1, 0.15) is 24.9 Å². The quantitative estimate of drug-likeness (QED) is 0.301. The maximum atomic E-state index is 12.1. The Labute approximate surface area is 149 Å². The monoisotopic (exact) mass is 364 g/mol. The average molecular weight is 364 g/mol. The first-order valence-corrected chi connectivity index (χ1v) is 8.13. The lowest BCUT2D eigenvalue weighted by molar-refractivity contribution is -0.217. The van der Waals surface area contributed by atoms with Crippen LogP contribution in [0.3, 0.4) is 0 Å². The molecule has 1 aliphatic carbocycles. The highest BCUT2D eigenvalue weighted by Crippen LogP contribution is 2.54. The summed E-state index contributed by atoms with van der Waals surface area (Å²) in [4.78, 5) is 36.0. The summed E-state index contributed by atoms with van der Waals surface area (Å²) in [6.07, 6.45) is -1.96. The number of fused-ring (bicyclic) bond motifs is 3. The van der Waals surface area contributed by atoms with Crippen LogP contribution in [-0.4, -0.2) is 59.6 Å². The molecule has 0 aromatic rings. The molecule has 0 spiro atoms. The topological polar surface area (TPSA) is 119 Å². The standard InChI is InChI=1S/C18H20O8/c1-4-18-7-24-11(20)5-10(18)13-12(9(3)17(23)25-13)14(15(18)21)26-16(22)8(2)6-19/h4,10,12-15,19,21H,1-3,5-7H2/t10-,12+,13-,14-,15-,18-/m0/s1. The number of ether oxygens (including phenoxy) is 3. The molecule has 3 rings (SSSR count). The van der Waals surface area contributed by atoms with Gasteiger partial charge >= 0.3 is 17.9 Å². The van der Waals surface area contributed by atoms with Crippen molar-refractivity contribution in [3.63, 3.8) is 0 Å². The number of hydrogen-bond acceptors (Lipinski definition) is 8. The van der Waals surface area contributed by atoms with Gasteiger partial charge in [-0.1, -0.05) is 19.2 Å². The van der Waals surface area contributed by atoms with Crippen LogP contribution in [0.25, 0.3) is 0 Å². The van der Waals surface area contributed by atoms with Crippen molar-refractivity contribution >= 4 is 17.9 Å². The number of carbonyl (C=O) groups excluding carboxylic acids is 3. The molecule has 0 unspecified atom stereocenters. The van der Waals surface area contributed by atoms with Gasteiger partial charge in [0, 0.05) is 11.5 Å². The fourth-order valence-electron chi connectivity index (χ4n) is 4.03. The second-order valence-corrected chi connectivity index (χ2v) is 6.79. The van der Waals surface area contributed by atoms with Gasteiger partial charge in [-0.25, -0.2) is 9.59 Å². The minimum Gasteiger partial charge on any atom is -0.465 e. The highest BCUT2D eigenvalue weighted by atomic mass is 16.6. The molecule has 2 aliphatic heterocycles. The molecule has 26 heavy (non-hydrogen) atoms. The van der Waals surface area contributed by atoms with E-state index < -0.39 is 60.1 Å². The molecular weight excluding hydrogens is 344 g/mol. The molecule has 6 atom stereocenters. The lowest BCUT2D eigenvalue weighted by atomic mass is 9.57. The Bertz CT molecular complexity index is 710. The lowest BCUT2D eigenvalue weighted by Crippen LogP contribution is -2.64. The largest absolute Gasteiger partial charge is 0.465 e. The molecule has 1 saturated carbocycles. The number of aliphatic hydroxyl groups is 2. The Kier molecular flexibility index (Phi) is 4.49. The molecule has 0 radical (unpaired) electrons. The Balaban J connectivity index is 2.03. The third kappa shape index (κ3) is 2.48. The first-order chi connectivity index (χ1) is 12.3. The van der Waals surface area contributed by atoms with Gasteiger partial charge in [-0.05, 0) is 0 Å². The fraction of sp³-hybridized carbons (Fsp3) is 0.500. The Hall–Kier alpha value is -2.45. The van der Waals surface area contributed by atoms with Gasteiger partial charge in [0.15, 0.2) is 0 Å². The second kappa shape index (κ2) is 6.37. The first kappa shape index (κ1) is 18.3. The molecule has 0 amide bonds. The van der Waals surface area contributed by atoms with E-state index in [1.807, 2.05) is 0 Å². The van der Waals surface area contributed by atoms with Crippen LogP contribution in [0.5, 0.6) is 0 Å². The van der Waals surface area contributed by atoms with E-state index >= 15 is 0 Å². The van der Waals surface area contributed by atoms with Crippen molar-refractivity contribution in [2.45, 2.75) is 24.7 Å². The van der Waals surface area contributed by atoms with Gasteiger partial charge in [0.2, 0.25) is 0 Å². The predicted molar refractivity (Wildman–Crippen MR) is 86.3 cm³/mol. The molecule has 8 nitrogen and oxygen atoms in total. The van der Waals surface area contributed by atoms with Crippen LogP contribution >= 0.6 is 0 Å². The van der Waals surface area contributed by atoms with Crippen molar-refractivity contribution in [3.8, 4) is 0 Å². The number of rotatable bonds is 4. The Morgan fingerprint density at radius 2 is 2.12 bits per heavy atom. The summed E-state index contributed by atoms with van der Waals surface area (Å²) in [5.74, 6) is -3.46. The molecular formula is C18H20O8. The van der Waals surface area contributed by atoms with Crippen molar-refractivity contribution in [3.05, 3.63) is 37.0 Å². The molecule has 0 aromatic carbocycles. The Morgan fingerprint density at radius 1 is 1.42 bits per heavy atom. The molecule has 2 N–H and O–H groups in total. The zero-order chi connectivity index (χ0) is 19.2. The predicted octanol–water partition coefficient (Wildman–Crippen LogP) is -0.346. The number of esters is 3. The number of hydrogen-bond donors (Lipinski definition) is 2. The van der Waals surface area contributed by atoms with E-state index in [0.717, 1.165) is 0 Å². The highest BCUT2D eigenvalue weighted by Gasteiger charge is 2.66. The SMILES string of the molecule is C=C[C@]12COC(=O)C[C@H]1[C@@H]1OC(=O)C(=C)[C@H]1[C@H](OC(=O)C(=C)CO)[C@@H]2O. The molecule has 0 bridgehead atoms. The number of aliphatic hydroxyl groups excluding tert-OH is 2. The van der Waals surface area contributed by atoms with Crippen LogP contribution in [-0.2, 0) is 28.6 Å².